The molecule has 0 radical (unpaired) electrons. The van der Waals surface area contributed by atoms with Crippen molar-refractivity contribution in [2.75, 3.05) is 26.8 Å². The van der Waals surface area contributed by atoms with Gasteiger partial charge in [0.05, 0.1) is 12.7 Å². The first-order chi connectivity index (χ1) is 9.15. The zero-order valence-electron chi connectivity index (χ0n) is 12.3. The zero-order valence-corrected chi connectivity index (χ0v) is 12.3. The Hall–Kier alpha value is -1.34. The van der Waals surface area contributed by atoms with E-state index >= 15 is 0 Å². The maximum absolute atomic E-state index is 12.0. The Morgan fingerprint density at radius 2 is 1.90 bits per heavy atom. The van der Waals surface area contributed by atoms with Crippen LogP contribution in [0.3, 0.4) is 0 Å². The van der Waals surface area contributed by atoms with Gasteiger partial charge in [-0.15, -0.1) is 0 Å². The van der Waals surface area contributed by atoms with Gasteiger partial charge in [0, 0.05) is 26.1 Å². The van der Waals surface area contributed by atoms with Crippen molar-refractivity contribution in [3.63, 3.8) is 0 Å². The Labute approximate surface area is 118 Å². The first kappa shape index (κ1) is 16.7. The molecular weight excluding hydrogens is 266 g/mol. The average Bonchev–Trinajstić information content (AvgIpc) is 2.29. The molecule has 7 heteroatoms. The number of hydrogen-bond donors (Lipinski definition) is 2. The summed E-state index contributed by atoms with van der Waals surface area (Å²) in [6.45, 7) is 5.56. The molecule has 1 fully saturated rings. The second-order valence-corrected chi connectivity index (χ2v) is 6.04. The van der Waals surface area contributed by atoms with E-state index in [-0.39, 0.29) is 19.7 Å². The normalized spacial score (nSPS) is 27.2. The molecule has 1 amide bonds. The SMILES string of the molecule is COC[C@H]1CN(C(=O)OC(C)(C)C)C[C@H](C(=O)O)[C@@H]1O. The quantitative estimate of drug-likeness (QED) is 0.788. The first-order valence-corrected chi connectivity index (χ1v) is 6.53. The molecular formula is C13H23NO6. The molecule has 1 heterocycles. The second kappa shape index (κ2) is 6.41. The van der Waals surface area contributed by atoms with Crippen molar-refractivity contribution in [1.29, 1.82) is 0 Å². The van der Waals surface area contributed by atoms with Crippen molar-refractivity contribution in [3.8, 4) is 0 Å². The van der Waals surface area contributed by atoms with E-state index in [9.17, 15) is 14.7 Å². The number of rotatable bonds is 3. The van der Waals surface area contributed by atoms with Crippen LogP contribution in [0, 0.1) is 11.8 Å². The third-order valence-corrected chi connectivity index (χ3v) is 3.12. The molecule has 0 aromatic heterocycles. The van der Waals surface area contributed by atoms with Gasteiger partial charge in [0.25, 0.3) is 0 Å². The molecule has 7 nitrogen and oxygen atoms in total. The highest BCUT2D eigenvalue weighted by Crippen LogP contribution is 2.25. The Balaban J connectivity index is 2.82. The lowest BCUT2D eigenvalue weighted by Crippen LogP contribution is -2.55. The van der Waals surface area contributed by atoms with Crippen LogP contribution in [0.2, 0.25) is 0 Å². The van der Waals surface area contributed by atoms with Crippen LogP contribution in [0.4, 0.5) is 4.79 Å². The van der Waals surface area contributed by atoms with Crippen molar-refractivity contribution < 1.29 is 29.3 Å². The highest BCUT2D eigenvalue weighted by Gasteiger charge is 2.42. The fourth-order valence-corrected chi connectivity index (χ4v) is 2.20. The predicted octanol–water partition coefficient (Wildman–Crippen LogP) is 0.561. The summed E-state index contributed by atoms with van der Waals surface area (Å²) in [5, 5.41) is 19.2. The number of hydrogen-bond acceptors (Lipinski definition) is 5. The molecule has 116 valence electrons. The molecule has 0 saturated carbocycles. The van der Waals surface area contributed by atoms with Crippen LogP contribution in [0.1, 0.15) is 20.8 Å². The molecule has 0 unspecified atom stereocenters. The summed E-state index contributed by atoms with van der Waals surface area (Å²) in [6.07, 6.45) is -1.61. The number of aliphatic hydroxyl groups is 1. The Morgan fingerprint density at radius 3 is 2.35 bits per heavy atom. The minimum absolute atomic E-state index is 0.0639. The number of aliphatic hydroxyl groups excluding tert-OH is 1. The number of nitrogens with zero attached hydrogens (tertiary/aromatic N) is 1. The Morgan fingerprint density at radius 1 is 1.30 bits per heavy atom. The van der Waals surface area contributed by atoms with Crippen LogP contribution in [0.5, 0.6) is 0 Å². The Kier molecular flexibility index (Phi) is 5.35. The summed E-state index contributed by atoms with van der Waals surface area (Å²) >= 11 is 0. The van der Waals surface area contributed by atoms with E-state index in [1.165, 1.54) is 12.0 Å². The maximum atomic E-state index is 12.0. The van der Waals surface area contributed by atoms with Crippen LogP contribution >= 0.6 is 0 Å². The van der Waals surface area contributed by atoms with Gasteiger partial charge in [0.15, 0.2) is 0 Å². The van der Waals surface area contributed by atoms with E-state index in [0.29, 0.717) is 0 Å². The van der Waals surface area contributed by atoms with Gasteiger partial charge in [-0.3, -0.25) is 4.79 Å². The fraction of sp³-hybridized carbons (Fsp3) is 0.846. The van der Waals surface area contributed by atoms with E-state index in [4.69, 9.17) is 14.6 Å². The van der Waals surface area contributed by atoms with Crippen LogP contribution in [-0.2, 0) is 14.3 Å². The van der Waals surface area contributed by atoms with Crippen LogP contribution in [-0.4, -0.2) is 65.7 Å². The summed E-state index contributed by atoms with van der Waals surface area (Å²) in [5.74, 6) is -2.61. The molecule has 0 aromatic rings. The summed E-state index contributed by atoms with van der Waals surface area (Å²) in [7, 11) is 1.47. The summed E-state index contributed by atoms with van der Waals surface area (Å²) in [6, 6.07) is 0. The second-order valence-electron chi connectivity index (χ2n) is 6.04. The topological polar surface area (TPSA) is 96.3 Å². The number of methoxy groups -OCH3 is 1. The van der Waals surface area contributed by atoms with Gasteiger partial charge in [-0.2, -0.15) is 0 Å². The van der Waals surface area contributed by atoms with E-state index < -0.39 is 35.6 Å². The number of amides is 1. The van der Waals surface area contributed by atoms with Gasteiger partial charge in [0.1, 0.15) is 11.5 Å². The molecule has 2 N–H and O–H groups in total. The van der Waals surface area contributed by atoms with Gasteiger partial charge in [-0.25, -0.2) is 4.79 Å². The van der Waals surface area contributed by atoms with Gasteiger partial charge in [-0.05, 0) is 20.8 Å². The van der Waals surface area contributed by atoms with Crippen LogP contribution < -0.4 is 0 Å². The van der Waals surface area contributed by atoms with E-state index in [1.54, 1.807) is 20.8 Å². The van der Waals surface area contributed by atoms with Crippen molar-refractivity contribution in [1.82, 2.24) is 4.90 Å². The maximum Gasteiger partial charge on any atom is 0.410 e. The number of piperidine rings is 1. The number of aliphatic carboxylic acids is 1. The number of carboxylic acids is 1. The summed E-state index contributed by atoms with van der Waals surface area (Å²) in [5.41, 5.74) is -0.650. The van der Waals surface area contributed by atoms with Crippen molar-refractivity contribution in [2.24, 2.45) is 11.8 Å². The van der Waals surface area contributed by atoms with E-state index in [1.807, 2.05) is 0 Å². The molecule has 0 bridgehead atoms. The summed E-state index contributed by atoms with van der Waals surface area (Å²) < 4.78 is 10.2. The molecule has 1 rings (SSSR count). The van der Waals surface area contributed by atoms with Crippen molar-refractivity contribution >= 4 is 12.1 Å². The first-order valence-electron chi connectivity index (χ1n) is 6.53. The molecule has 1 aliphatic heterocycles. The van der Waals surface area contributed by atoms with Gasteiger partial charge >= 0.3 is 12.1 Å². The van der Waals surface area contributed by atoms with E-state index in [2.05, 4.69) is 0 Å². The summed E-state index contributed by atoms with van der Waals surface area (Å²) in [4.78, 5) is 24.5. The minimum Gasteiger partial charge on any atom is -0.481 e. The Bertz CT molecular complexity index is 364. The zero-order chi connectivity index (χ0) is 15.5. The lowest BCUT2D eigenvalue weighted by atomic mass is 9.86. The third-order valence-electron chi connectivity index (χ3n) is 3.12. The molecule has 3 atom stereocenters. The monoisotopic (exact) mass is 289 g/mol. The van der Waals surface area contributed by atoms with Crippen LogP contribution in [0.25, 0.3) is 0 Å². The number of carbonyl (C=O) groups excluding carboxylic acids is 1. The van der Waals surface area contributed by atoms with Gasteiger partial charge in [0.2, 0.25) is 0 Å². The molecule has 0 spiro atoms. The fourth-order valence-electron chi connectivity index (χ4n) is 2.20. The largest absolute Gasteiger partial charge is 0.481 e. The van der Waals surface area contributed by atoms with Crippen molar-refractivity contribution in [2.45, 2.75) is 32.5 Å². The average molecular weight is 289 g/mol. The number of carboxylic acid groups (broad SMARTS) is 1. The number of ether oxygens (including phenoxy) is 2. The molecule has 20 heavy (non-hydrogen) atoms. The highest BCUT2D eigenvalue weighted by atomic mass is 16.6. The van der Waals surface area contributed by atoms with E-state index in [0.717, 1.165) is 0 Å². The number of carbonyl (C=O) groups is 2. The molecule has 0 aliphatic carbocycles. The lowest BCUT2D eigenvalue weighted by Gasteiger charge is -2.39. The smallest absolute Gasteiger partial charge is 0.410 e. The molecule has 1 saturated heterocycles. The molecule has 0 aromatic carbocycles. The third kappa shape index (κ3) is 4.35. The molecule has 1 aliphatic rings. The predicted molar refractivity (Wildman–Crippen MR) is 70.3 cm³/mol. The van der Waals surface area contributed by atoms with Crippen molar-refractivity contribution in [3.05, 3.63) is 0 Å². The highest BCUT2D eigenvalue weighted by molar-refractivity contribution is 5.74. The van der Waals surface area contributed by atoms with Crippen LogP contribution in [0.15, 0.2) is 0 Å². The van der Waals surface area contributed by atoms with Gasteiger partial charge < -0.3 is 24.6 Å². The van der Waals surface area contributed by atoms with Gasteiger partial charge in [-0.1, -0.05) is 0 Å². The lowest BCUT2D eigenvalue weighted by molar-refractivity contribution is -0.152. The minimum atomic E-state index is -1.13. The number of likely N-dealkylation sites (tertiary alicyclic amines) is 1. The standard InChI is InChI=1S/C13H23NO6/c1-13(2,3)20-12(18)14-5-8(7-19-4)10(15)9(6-14)11(16)17/h8-10,15H,5-7H2,1-4H3,(H,16,17)/t8-,9+,10-/m1/s1.